The van der Waals surface area contributed by atoms with Gasteiger partial charge in [-0.3, -0.25) is 0 Å². The average Bonchev–Trinajstić information content (AvgIpc) is 3.48. The second-order valence-corrected chi connectivity index (χ2v) is 9.32. The van der Waals surface area contributed by atoms with Crippen molar-refractivity contribution in [2.45, 2.75) is 25.2 Å². The monoisotopic (exact) mass is 436 g/mol. The van der Waals surface area contributed by atoms with Crippen LogP contribution >= 0.6 is 0 Å². The lowest BCUT2D eigenvalue weighted by atomic mass is 9.85. The molecule has 4 aromatic rings. The number of hydrogen-bond acceptors (Lipinski definition) is 0. The van der Waals surface area contributed by atoms with Gasteiger partial charge in [0.2, 0.25) is 0 Å². The second-order valence-electron chi connectivity index (χ2n) is 9.32. The summed E-state index contributed by atoms with van der Waals surface area (Å²) in [4.78, 5) is 0. The highest BCUT2D eigenvalue weighted by Gasteiger charge is 2.29. The number of fused-ring (bicyclic) bond motifs is 3. The van der Waals surface area contributed by atoms with Crippen molar-refractivity contribution in [3.8, 4) is 11.1 Å². The van der Waals surface area contributed by atoms with E-state index in [4.69, 9.17) is 0 Å². The van der Waals surface area contributed by atoms with Gasteiger partial charge in [-0.25, -0.2) is 0 Å². The topological polar surface area (TPSA) is 0 Å². The zero-order valence-electron chi connectivity index (χ0n) is 19.3. The summed E-state index contributed by atoms with van der Waals surface area (Å²) in [6.07, 6.45) is 9.91. The van der Waals surface area contributed by atoms with Crippen LogP contribution in [0, 0.1) is 0 Å². The first-order valence-corrected chi connectivity index (χ1v) is 12.2. The van der Waals surface area contributed by atoms with Gasteiger partial charge in [-0.1, -0.05) is 133 Å². The van der Waals surface area contributed by atoms with E-state index in [1.165, 1.54) is 50.1 Å². The summed E-state index contributed by atoms with van der Waals surface area (Å²) >= 11 is 0. The molecule has 0 fully saturated rings. The Morgan fingerprint density at radius 3 is 1.62 bits per heavy atom. The Labute approximate surface area is 202 Å². The Balaban J connectivity index is 1.38. The molecule has 0 heterocycles. The predicted molar refractivity (Wildman–Crippen MR) is 143 cm³/mol. The molecule has 0 atom stereocenters. The summed E-state index contributed by atoms with van der Waals surface area (Å²) in [6, 6.07) is 39.7. The summed E-state index contributed by atoms with van der Waals surface area (Å²) in [7, 11) is 0. The van der Waals surface area contributed by atoms with Crippen molar-refractivity contribution in [2.75, 3.05) is 0 Å². The van der Waals surface area contributed by atoms with Gasteiger partial charge in [0, 0.05) is 5.92 Å². The standard InChI is InChI=1S/C34H28/c1-3-12-25(13-4-1)22-28(23-26-14-5-2-6-15-26)29-21-11-16-27(29)24-34-32-19-9-7-17-30(32)31-18-8-10-20-33(31)34/h1-21,34H,22-24H2. The third-order valence-corrected chi connectivity index (χ3v) is 7.19. The summed E-state index contributed by atoms with van der Waals surface area (Å²) < 4.78 is 0. The number of benzene rings is 4. The first-order chi connectivity index (χ1) is 16.9. The van der Waals surface area contributed by atoms with Crippen LogP contribution in [0.25, 0.3) is 11.1 Å². The van der Waals surface area contributed by atoms with E-state index >= 15 is 0 Å². The highest BCUT2D eigenvalue weighted by molar-refractivity contribution is 5.79. The van der Waals surface area contributed by atoms with E-state index in [0.29, 0.717) is 5.92 Å². The fourth-order valence-corrected chi connectivity index (χ4v) is 5.62. The predicted octanol–water partition coefficient (Wildman–Crippen LogP) is 8.47. The molecule has 0 amide bonds. The van der Waals surface area contributed by atoms with Gasteiger partial charge in [0.1, 0.15) is 0 Å². The lowest BCUT2D eigenvalue weighted by Gasteiger charge is -2.19. The van der Waals surface area contributed by atoms with Gasteiger partial charge in [-0.15, -0.1) is 0 Å². The van der Waals surface area contributed by atoms with Crippen molar-refractivity contribution < 1.29 is 0 Å². The van der Waals surface area contributed by atoms with Crippen LogP contribution in [0.5, 0.6) is 0 Å². The van der Waals surface area contributed by atoms with Gasteiger partial charge >= 0.3 is 0 Å². The molecule has 0 spiro atoms. The first kappa shape index (κ1) is 20.7. The molecule has 164 valence electrons. The number of rotatable bonds is 6. The van der Waals surface area contributed by atoms with Crippen LogP contribution in [-0.4, -0.2) is 0 Å². The fraction of sp³-hybridized carbons (Fsp3) is 0.118. The van der Waals surface area contributed by atoms with Crippen LogP contribution in [0.2, 0.25) is 0 Å². The van der Waals surface area contributed by atoms with Crippen LogP contribution < -0.4 is 0 Å². The van der Waals surface area contributed by atoms with Crippen molar-refractivity contribution in [1.29, 1.82) is 0 Å². The van der Waals surface area contributed by atoms with Gasteiger partial charge < -0.3 is 0 Å². The second kappa shape index (κ2) is 9.15. The Hall–Kier alpha value is -3.90. The van der Waals surface area contributed by atoms with Crippen molar-refractivity contribution in [3.63, 3.8) is 0 Å². The molecule has 0 radical (unpaired) electrons. The van der Waals surface area contributed by atoms with Crippen molar-refractivity contribution in [1.82, 2.24) is 0 Å². The number of allylic oxidation sites excluding steroid dienone is 6. The van der Waals surface area contributed by atoms with Crippen LogP contribution in [0.3, 0.4) is 0 Å². The Kier molecular flexibility index (Phi) is 5.57. The molecule has 4 aromatic carbocycles. The molecule has 2 aliphatic rings. The number of hydrogen-bond donors (Lipinski definition) is 0. The molecule has 0 heteroatoms. The molecule has 34 heavy (non-hydrogen) atoms. The summed E-state index contributed by atoms with van der Waals surface area (Å²) in [5.41, 5.74) is 12.8. The van der Waals surface area contributed by atoms with E-state index in [1.54, 1.807) is 0 Å². The van der Waals surface area contributed by atoms with Crippen LogP contribution in [0.1, 0.15) is 34.6 Å². The molecule has 0 aliphatic heterocycles. The largest absolute Gasteiger partial charge is 0.0622 e. The van der Waals surface area contributed by atoms with Gasteiger partial charge in [0.05, 0.1) is 0 Å². The normalized spacial score (nSPS) is 14.1. The maximum absolute atomic E-state index is 2.34. The molecule has 0 N–H and O–H groups in total. The lowest BCUT2D eigenvalue weighted by molar-refractivity contribution is 0.822. The van der Waals surface area contributed by atoms with E-state index < -0.39 is 0 Å². The molecule has 2 aliphatic carbocycles. The molecular weight excluding hydrogens is 408 g/mol. The molecule has 0 bridgehead atoms. The Bertz CT molecular complexity index is 1310. The zero-order chi connectivity index (χ0) is 22.7. The van der Waals surface area contributed by atoms with E-state index in [1.807, 2.05) is 0 Å². The third kappa shape index (κ3) is 3.97. The van der Waals surface area contributed by atoms with Crippen molar-refractivity contribution >= 4 is 0 Å². The highest BCUT2D eigenvalue weighted by Crippen LogP contribution is 2.48. The molecule has 0 saturated heterocycles. The smallest absolute Gasteiger partial charge is 0.0142 e. The van der Waals surface area contributed by atoms with Gasteiger partial charge in [-0.2, -0.15) is 0 Å². The summed E-state index contributed by atoms with van der Waals surface area (Å²) in [5.74, 6) is 0.406. The minimum atomic E-state index is 0.406. The van der Waals surface area contributed by atoms with E-state index in [2.05, 4.69) is 127 Å². The third-order valence-electron chi connectivity index (χ3n) is 7.19. The summed E-state index contributed by atoms with van der Waals surface area (Å²) in [5, 5.41) is 0. The molecule has 6 rings (SSSR count). The van der Waals surface area contributed by atoms with Gasteiger partial charge in [-0.05, 0) is 63.8 Å². The average molecular weight is 437 g/mol. The molecule has 0 saturated carbocycles. The maximum Gasteiger partial charge on any atom is 0.0142 e. The van der Waals surface area contributed by atoms with E-state index in [9.17, 15) is 0 Å². The van der Waals surface area contributed by atoms with Gasteiger partial charge in [0.25, 0.3) is 0 Å². The molecule has 0 aromatic heterocycles. The lowest BCUT2D eigenvalue weighted by Crippen LogP contribution is -2.04. The highest BCUT2D eigenvalue weighted by atomic mass is 14.3. The first-order valence-electron chi connectivity index (χ1n) is 12.2. The van der Waals surface area contributed by atoms with Crippen molar-refractivity contribution in [3.05, 3.63) is 166 Å². The van der Waals surface area contributed by atoms with Crippen LogP contribution in [-0.2, 0) is 12.8 Å². The van der Waals surface area contributed by atoms with E-state index in [-0.39, 0.29) is 0 Å². The Morgan fingerprint density at radius 2 is 1.06 bits per heavy atom. The SMILES string of the molecule is C1=CC(=C(Cc2ccccc2)Cc2ccccc2)C(CC2c3ccccc3-c3ccccc32)=C1. The van der Waals surface area contributed by atoms with Crippen LogP contribution in [0.15, 0.2) is 144 Å². The molecule has 0 nitrogen and oxygen atoms in total. The molecular formula is C34H28. The quantitative estimate of drug-likeness (QED) is 0.284. The summed E-state index contributed by atoms with van der Waals surface area (Å²) in [6.45, 7) is 0. The minimum absolute atomic E-state index is 0.406. The van der Waals surface area contributed by atoms with Gasteiger partial charge in [0.15, 0.2) is 0 Å². The van der Waals surface area contributed by atoms with Crippen LogP contribution in [0.4, 0.5) is 0 Å². The fourth-order valence-electron chi connectivity index (χ4n) is 5.62. The van der Waals surface area contributed by atoms with E-state index in [0.717, 1.165) is 19.3 Å². The zero-order valence-corrected chi connectivity index (χ0v) is 19.3. The molecule has 0 unspecified atom stereocenters. The maximum atomic E-state index is 2.34. The minimum Gasteiger partial charge on any atom is -0.0622 e. The van der Waals surface area contributed by atoms with Crippen molar-refractivity contribution in [2.24, 2.45) is 0 Å². The Morgan fingerprint density at radius 1 is 0.559 bits per heavy atom.